The molecule has 0 bridgehead atoms. The van der Waals surface area contributed by atoms with E-state index in [4.69, 9.17) is 8.83 Å². The average Bonchev–Trinajstić information content (AvgIpc) is 3.58. The van der Waals surface area contributed by atoms with E-state index in [0.717, 1.165) is 43.9 Å². The van der Waals surface area contributed by atoms with E-state index in [1.165, 1.54) is 96.9 Å². The minimum Gasteiger partial charge on any atom is -0.455 e. The lowest BCUT2D eigenvalue weighted by Gasteiger charge is -2.22. The van der Waals surface area contributed by atoms with E-state index in [1.807, 2.05) is 0 Å². The van der Waals surface area contributed by atoms with Crippen LogP contribution in [0.1, 0.15) is 87.2 Å². The maximum absolute atomic E-state index is 6.61. The Hall–Kier alpha value is -3.78. The molecule has 2 saturated carbocycles. The number of hydrogen-bond donors (Lipinski definition) is 0. The van der Waals surface area contributed by atoms with Crippen LogP contribution in [-0.2, 0) is 0 Å². The fourth-order valence-corrected chi connectivity index (χ4v) is 8.03. The largest absolute Gasteiger partial charge is 0.455 e. The van der Waals surface area contributed by atoms with Crippen molar-refractivity contribution in [2.24, 2.45) is 0 Å². The Morgan fingerprint density at radius 3 is 1.27 bits per heavy atom. The minimum atomic E-state index is 0.708. The lowest BCUT2D eigenvalue weighted by molar-refractivity contribution is 0.444. The van der Waals surface area contributed by atoms with Crippen LogP contribution in [0.2, 0.25) is 0 Å². The van der Waals surface area contributed by atoms with Gasteiger partial charge >= 0.3 is 0 Å². The van der Waals surface area contributed by atoms with Gasteiger partial charge < -0.3 is 8.83 Å². The molecule has 0 N–H and O–H groups in total. The Balaban J connectivity index is 1.17. The molecular formula is C38H34O2. The molecule has 9 rings (SSSR count). The molecule has 2 aromatic heterocycles. The van der Waals surface area contributed by atoms with Gasteiger partial charge in [-0.15, -0.1) is 0 Å². The Morgan fingerprint density at radius 2 is 0.825 bits per heavy atom. The molecule has 0 amide bonds. The molecule has 0 radical (unpaired) electrons. The number of benzene rings is 5. The number of hydrogen-bond acceptors (Lipinski definition) is 2. The monoisotopic (exact) mass is 522 g/mol. The van der Waals surface area contributed by atoms with Crippen LogP contribution in [0.5, 0.6) is 0 Å². The third-order valence-electron chi connectivity index (χ3n) is 10.2. The third kappa shape index (κ3) is 3.48. The van der Waals surface area contributed by atoms with Crippen molar-refractivity contribution in [3.63, 3.8) is 0 Å². The van der Waals surface area contributed by atoms with Crippen LogP contribution in [0, 0.1) is 0 Å². The summed E-state index contributed by atoms with van der Waals surface area (Å²) in [4.78, 5) is 0. The van der Waals surface area contributed by atoms with Gasteiger partial charge in [0.25, 0.3) is 0 Å². The van der Waals surface area contributed by atoms with Gasteiger partial charge in [0.1, 0.15) is 22.3 Å². The summed E-state index contributed by atoms with van der Waals surface area (Å²) in [7, 11) is 0. The first-order valence-electron chi connectivity index (χ1n) is 15.5. The third-order valence-corrected chi connectivity index (χ3v) is 10.2. The molecule has 0 unspecified atom stereocenters. The predicted molar refractivity (Wildman–Crippen MR) is 168 cm³/mol. The first-order chi connectivity index (χ1) is 19.8. The first-order valence-corrected chi connectivity index (χ1v) is 15.5. The van der Waals surface area contributed by atoms with Gasteiger partial charge in [0.15, 0.2) is 0 Å². The van der Waals surface area contributed by atoms with E-state index in [9.17, 15) is 0 Å². The molecule has 7 aromatic rings. The van der Waals surface area contributed by atoms with Crippen molar-refractivity contribution in [2.45, 2.75) is 76.0 Å². The smallest absolute Gasteiger partial charge is 0.143 e. The van der Waals surface area contributed by atoms with Crippen LogP contribution in [0.4, 0.5) is 0 Å². The van der Waals surface area contributed by atoms with Crippen LogP contribution in [0.15, 0.2) is 81.6 Å². The molecule has 198 valence electrons. The highest BCUT2D eigenvalue weighted by Gasteiger charge is 2.20. The van der Waals surface area contributed by atoms with Gasteiger partial charge in [0, 0.05) is 32.3 Å². The highest BCUT2D eigenvalue weighted by Crippen LogP contribution is 2.42. The number of fused-ring (bicyclic) bond motifs is 10. The van der Waals surface area contributed by atoms with Crippen LogP contribution < -0.4 is 0 Å². The maximum Gasteiger partial charge on any atom is 0.143 e. The summed E-state index contributed by atoms with van der Waals surface area (Å²) in [6.45, 7) is 0. The molecule has 0 saturated heterocycles. The van der Waals surface area contributed by atoms with Crippen molar-refractivity contribution in [3.8, 4) is 0 Å². The Morgan fingerprint density at radius 1 is 0.400 bits per heavy atom. The highest BCUT2D eigenvalue weighted by atomic mass is 16.3. The summed E-state index contributed by atoms with van der Waals surface area (Å²) in [5.41, 5.74) is 6.82. The molecule has 0 aliphatic heterocycles. The predicted octanol–water partition coefficient (Wildman–Crippen LogP) is 11.9. The van der Waals surface area contributed by atoms with Crippen molar-refractivity contribution in [1.29, 1.82) is 0 Å². The van der Waals surface area contributed by atoms with Crippen LogP contribution in [0.3, 0.4) is 0 Å². The van der Waals surface area contributed by atoms with Crippen LogP contribution >= 0.6 is 0 Å². The van der Waals surface area contributed by atoms with Crippen molar-refractivity contribution >= 4 is 65.4 Å². The van der Waals surface area contributed by atoms with E-state index in [2.05, 4.69) is 72.8 Å². The SMILES string of the molecule is c1cc2c(ccc3c4cc5oc6c7ccc(C8CCCCC8)cc7ccc6c5cc4oc23)cc1C1CCCCC1. The van der Waals surface area contributed by atoms with E-state index < -0.39 is 0 Å². The summed E-state index contributed by atoms with van der Waals surface area (Å²) in [6, 6.07) is 27.5. The fraction of sp³-hybridized carbons (Fsp3) is 0.316. The molecule has 0 spiro atoms. The fourth-order valence-electron chi connectivity index (χ4n) is 8.03. The molecule has 5 aromatic carbocycles. The van der Waals surface area contributed by atoms with E-state index in [-0.39, 0.29) is 0 Å². The van der Waals surface area contributed by atoms with Gasteiger partial charge in [-0.25, -0.2) is 0 Å². The second kappa shape index (κ2) is 8.86. The molecule has 2 heterocycles. The van der Waals surface area contributed by atoms with Crippen molar-refractivity contribution < 1.29 is 8.83 Å². The van der Waals surface area contributed by atoms with Crippen molar-refractivity contribution in [2.75, 3.05) is 0 Å². The molecule has 2 fully saturated rings. The van der Waals surface area contributed by atoms with Gasteiger partial charge in [-0.1, -0.05) is 87.1 Å². The zero-order valence-corrected chi connectivity index (χ0v) is 23.0. The minimum absolute atomic E-state index is 0.708. The Labute approximate surface area is 233 Å². The van der Waals surface area contributed by atoms with E-state index >= 15 is 0 Å². The second-order valence-electron chi connectivity index (χ2n) is 12.6. The molecule has 2 heteroatoms. The molecular weight excluding hydrogens is 488 g/mol. The average molecular weight is 523 g/mol. The summed E-state index contributed by atoms with van der Waals surface area (Å²) in [5, 5.41) is 9.55. The number of rotatable bonds is 2. The van der Waals surface area contributed by atoms with Gasteiger partial charge in [0.05, 0.1) is 0 Å². The van der Waals surface area contributed by atoms with Gasteiger partial charge in [-0.3, -0.25) is 0 Å². The maximum atomic E-state index is 6.61. The van der Waals surface area contributed by atoms with Crippen LogP contribution in [0.25, 0.3) is 65.4 Å². The standard InChI is InChI=1S/C38H34O2/c1-3-7-23(8-4-1)25-11-15-29-27(19-25)13-17-31-33-21-36-34(22-35(33)39-37(29)31)32-18-14-28-20-26(24-9-5-2-6-10-24)12-16-30(28)38(32)40-36/h11-24H,1-10H2. The van der Waals surface area contributed by atoms with Crippen molar-refractivity contribution in [1.82, 2.24) is 0 Å². The zero-order chi connectivity index (χ0) is 26.2. The molecule has 2 aliphatic carbocycles. The van der Waals surface area contributed by atoms with Gasteiger partial charge in [-0.2, -0.15) is 0 Å². The Kier molecular flexibility index (Phi) is 5.09. The first kappa shape index (κ1) is 23.0. The van der Waals surface area contributed by atoms with Gasteiger partial charge in [0.2, 0.25) is 0 Å². The van der Waals surface area contributed by atoms with Crippen LogP contribution in [-0.4, -0.2) is 0 Å². The van der Waals surface area contributed by atoms with Gasteiger partial charge in [-0.05, 0) is 83.7 Å². The number of furan rings is 2. The zero-order valence-electron chi connectivity index (χ0n) is 23.0. The summed E-state index contributed by atoms with van der Waals surface area (Å²) >= 11 is 0. The normalized spacial score (nSPS) is 17.8. The Bertz CT molecular complexity index is 1920. The molecule has 2 nitrogen and oxygen atoms in total. The summed E-state index contributed by atoms with van der Waals surface area (Å²) < 4.78 is 13.2. The second-order valence-corrected chi connectivity index (χ2v) is 12.6. The quantitative estimate of drug-likeness (QED) is 0.226. The molecule has 0 atom stereocenters. The molecule has 2 aliphatic rings. The van der Waals surface area contributed by atoms with Crippen molar-refractivity contribution in [3.05, 3.63) is 83.9 Å². The lowest BCUT2D eigenvalue weighted by Crippen LogP contribution is -2.04. The summed E-state index contributed by atoms with van der Waals surface area (Å²) in [5.74, 6) is 1.42. The molecule has 40 heavy (non-hydrogen) atoms. The summed E-state index contributed by atoms with van der Waals surface area (Å²) in [6.07, 6.45) is 13.5. The highest BCUT2D eigenvalue weighted by molar-refractivity contribution is 6.21. The lowest BCUT2D eigenvalue weighted by atomic mass is 9.83. The van der Waals surface area contributed by atoms with E-state index in [0.29, 0.717) is 11.8 Å². The topological polar surface area (TPSA) is 26.3 Å². The van der Waals surface area contributed by atoms with E-state index in [1.54, 1.807) is 0 Å².